The fourth-order valence-corrected chi connectivity index (χ4v) is 3.67. The van der Waals surface area contributed by atoms with Gasteiger partial charge in [0, 0.05) is 10.9 Å². The van der Waals surface area contributed by atoms with Gasteiger partial charge in [-0.15, -0.1) is 0 Å². The molecule has 2 fully saturated rings. The van der Waals surface area contributed by atoms with Crippen molar-refractivity contribution >= 4 is 22.6 Å². The summed E-state index contributed by atoms with van der Waals surface area (Å²) in [5, 5.41) is 4.83. The quantitative estimate of drug-likeness (QED) is 0.779. The van der Waals surface area contributed by atoms with E-state index < -0.39 is 0 Å². The molecule has 1 aliphatic carbocycles. The van der Waals surface area contributed by atoms with E-state index in [0.29, 0.717) is 18.4 Å². The van der Waals surface area contributed by atoms with Crippen molar-refractivity contribution in [3.63, 3.8) is 0 Å². The largest absolute Gasteiger partial charge is 0.341 e. The van der Waals surface area contributed by atoms with Gasteiger partial charge in [-0.25, -0.2) is 4.98 Å². The lowest BCUT2D eigenvalue weighted by Crippen LogP contribution is -2.23. The molecule has 1 saturated carbocycles. The normalized spacial score (nSPS) is 21.8. The van der Waals surface area contributed by atoms with Crippen LogP contribution in [0.25, 0.3) is 11.0 Å². The molecule has 124 valence electrons. The highest BCUT2D eigenvalue weighted by atomic mass is 35.5. The number of halogens is 1. The molecule has 2 aliphatic rings. The summed E-state index contributed by atoms with van der Waals surface area (Å²) in [6, 6.07) is 6.01. The minimum absolute atomic E-state index is 0.257. The van der Waals surface area contributed by atoms with Crippen LogP contribution >= 0.6 is 11.6 Å². The number of imidazole rings is 1. The molecule has 1 aliphatic heterocycles. The third-order valence-electron chi connectivity index (χ3n) is 4.91. The number of nitrogens with one attached hydrogen (secondary N) is 1. The van der Waals surface area contributed by atoms with Gasteiger partial charge >= 0.3 is 0 Å². The zero-order valence-corrected chi connectivity index (χ0v) is 14.0. The Hall–Kier alpha value is -1.92. The number of aromatic amines is 1. The van der Waals surface area contributed by atoms with Crippen molar-refractivity contribution in [1.29, 1.82) is 0 Å². The lowest BCUT2D eigenvalue weighted by Gasteiger charge is -2.20. The number of likely N-dealkylation sites (tertiary alicyclic amines) is 1. The number of nitrogens with zero attached hydrogens (tertiary/aromatic N) is 4. The highest BCUT2D eigenvalue weighted by molar-refractivity contribution is 6.31. The molecule has 0 radical (unpaired) electrons. The summed E-state index contributed by atoms with van der Waals surface area (Å²) in [6.45, 7) is 1.70. The van der Waals surface area contributed by atoms with Gasteiger partial charge in [-0.2, -0.15) is 4.98 Å². The zero-order chi connectivity index (χ0) is 16.1. The first-order valence-electron chi connectivity index (χ1n) is 8.48. The lowest BCUT2D eigenvalue weighted by atomic mass is 10.2. The van der Waals surface area contributed by atoms with Crippen LogP contribution in [0.2, 0.25) is 5.02 Å². The smallest absolute Gasteiger partial charge is 0.240 e. The maximum Gasteiger partial charge on any atom is 0.240 e. The molecule has 0 spiro atoms. The van der Waals surface area contributed by atoms with E-state index in [1.165, 1.54) is 12.8 Å². The second-order valence-corrected chi connectivity index (χ2v) is 7.17. The molecular weight excluding hydrogens is 326 g/mol. The predicted octanol–water partition coefficient (Wildman–Crippen LogP) is 3.81. The minimum atomic E-state index is 0.257. The molecule has 1 N–H and O–H groups in total. The van der Waals surface area contributed by atoms with Gasteiger partial charge in [-0.1, -0.05) is 16.8 Å². The Balaban J connectivity index is 1.38. The molecule has 7 heteroatoms. The first-order chi connectivity index (χ1) is 11.8. The number of hydrogen-bond donors (Lipinski definition) is 1. The number of aromatic nitrogens is 4. The topological polar surface area (TPSA) is 70.8 Å². The van der Waals surface area contributed by atoms with E-state index >= 15 is 0 Å². The first-order valence-corrected chi connectivity index (χ1v) is 8.86. The standard InChI is InChI=1S/C17H18ClN5O/c18-11-5-6-12-13(8-11)20-17(19-12)14-2-1-7-23(14)9-15-21-16(22-24-15)10-3-4-10/h5-6,8,10,14H,1-4,7,9H2,(H,19,20)/t14-/m1/s1. The van der Waals surface area contributed by atoms with Crippen molar-refractivity contribution in [1.82, 2.24) is 25.0 Å². The molecule has 2 aromatic heterocycles. The first kappa shape index (κ1) is 14.4. The molecule has 1 saturated heterocycles. The van der Waals surface area contributed by atoms with E-state index in [1.54, 1.807) is 0 Å². The van der Waals surface area contributed by atoms with Crippen molar-refractivity contribution in [2.75, 3.05) is 6.54 Å². The van der Waals surface area contributed by atoms with Crippen LogP contribution in [0, 0.1) is 0 Å². The average molecular weight is 344 g/mol. The van der Waals surface area contributed by atoms with Crippen LogP contribution in [0.1, 0.15) is 55.2 Å². The Labute approximate surface area is 144 Å². The molecule has 3 heterocycles. The molecule has 24 heavy (non-hydrogen) atoms. The third kappa shape index (κ3) is 2.59. The van der Waals surface area contributed by atoms with E-state index in [0.717, 1.165) is 47.1 Å². The minimum Gasteiger partial charge on any atom is -0.341 e. The predicted molar refractivity (Wildman–Crippen MR) is 89.8 cm³/mol. The second-order valence-electron chi connectivity index (χ2n) is 6.73. The number of rotatable bonds is 4. The van der Waals surface area contributed by atoms with Gasteiger partial charge in [0.05, 0.1) is 23.6 Å². The van der Waals surface area contributed by atoms with Crippen molar-refractivity contribution in [2.45, 2.75) is 44.2 Å². The Morgan fingerprint density at radius 1 is 1.25 bits per heavy atom. The molecule has 6 nitrogen and oxygen atoms in total. The molecule has 1 atom stereocenters. The third-order valence-corrected chi connectivity index (χ3v) is 5.14. The molecular formula is C17H18ClN5O. The van der Waals surface area contributed by atoms with Crippen molar-refractivity contribution in [3.8, 4) is 0 Å². The summed E-state index contributed by atoms with van der Waals surface area (Å²) in [5.41, 5.74) is 1.94. The van der Waals surface area contributed by atoms with Gasteiger partial charge < -0.3 is 9.51 Å². The van der Waals surface area contributed by atoms with Gasteiger partial charge in [0.15, 0.2) is 5.82 Å². The fourth-order valence-electron chi connectivity index (χ4n) is 3.50. The van der Waals surface area contributed by atoms with Gasteiger partial charge in [0.1, 0.15) is 5.82 Å². The number of H-pyrrole nitrogens is 1. The molecule has 0 bridgehead atoms. The van der Waals surface area contributed by atoms with Gasteiger partial charge in [0.2, 0.25) is 5.89 Å². The van der Waals surface area contributed by atoms with E-state index in [-0.39, 0.29) is 6.04 Å². The molecule has 0 unspecified atom stereocenters. The van der Waals surface area contributed by atoms with E-state index in [1.807, 2.05) is 18.2 Å². The maximum absolute atomic E-state index is 6.07. The molecule has 0 amide bonds. The van der Waals surface area contributed by atoms with Crippen LogP contribution in [0.5, 0.6) is 0 Å². The van der Waals surface area contributed by atoms with Crippen LogP contribution in [0.15, 0.2) is 22.7 Å². The van der Waals surface area contributed by atoms with Crippen LogP contribution in [0.3, 0.4) is 0 Å². The molecule has 3 aromatic rings. The molecule has 1 aromatic carbocycles. The summed E-state index contributed by atoms with van der Waals surface area (Å²) in [7, 11) is 0. The highest BCUT2D eigenvalue weighted by Gasteiger charge is 2.32. The van der Waals surface area contributed by atoms with Gasteiger partial charge in [0.25, 0.3) is 0 Å². The summed E-state index contributed by atoms with van der Waals surface area (Å²) >= 11 is 6.07. The number of benzene rings is 1. The van der Waals surface area contributed by atoms with Crippen molar-refractivity contribution in [3.05, 3.63) is 40.8 Å². The number of hydrogen-bond acceptors (Lipinski definition) is 5. The van der Waals surface area contributed by atoms with E-state index in [9.17, 15) is 0 Å². The van der Waals surface area contributed by atoms with Crippen LogP contribution < -0.4 is 0 Å². The molecule has 5 rings (SSSR count). The van der Waals surface area contributed by atoms with Crippen molar-refractivity contribution in [2.24, 2.45) is 0 Å². The summed E-state index contributed by atoms with van der Waals surface area (Å²) in [5.74, 6) is 3.10. The van der Waals surface area contributed by atoms with Crippen LogP contribution in [-0.2, 0) is 6.54 Å². The van der Waals surface area contributed by atoms with Gasteiger partial charge in [-0.05, 0) is 50.4 Å². The van der Waals surface area contributed by atoms with Crippen LogP contribution in [-0.4, -0.2) is 31.6 Å². The summed E-state index contributed by atoms with van der Waals surface area (Å²) < 4.78 is 5.44. The van der Waals surface area contributed by atoms with Gasteiger partial charge in [-0.3, -0.25) is 4.90 Å². The monoisotopic (exact) mass is 343 g/mol. The zero-order valence-electron chi connectivity index (χ0n) is 13.2. The Bertz CT molecular complexity index is 884. The van der Waals surface area contributed by atoms with Crippen molar-refractivity contribution < 1.29 is 4.52 Å². The van der Waals surface area contributed by atoms with E-state index in [2.05, 4.69) is 20.0 Å². The average Bonchev–Trinajstić information content (AvgIpc) is 2.98. The fraction of sp³-hybridized carbons (Fsp3) is 0.471. The Morgan fingerprint density at radius 3 is 3.04 bits per heavy atom. The van der Waals surface area contributed by atoms with Crippen LogP contribution in [0.4, 0.5) is 0 Å². The highest BCUT2D eigenvalue weighted by Crippen LogP contribution is 2.38. The maximum atomic E-state index is 6.07. The second kappa shape index (κ2) is 5.57. The SMILES string of the molecule is Clc1ccc2nc([C@H]3CCCN3Cc3nc(C4CC4)no3)[nH]c2c1. The summed E-state index contributed by atoms with van der Waals surface area (Å²) in [4.78, 5) is 15.1. The Kier molecular flexibility index (Phi) is 3.35. The lowest BCUT2D eigenvalue weighted by molar-refractivity contribution is 0.207. The number of fused-ring (bicyclic) bond motifs is 1. The Morgan fingerprint density at radius 2 is 2.17 bits per heavy atom. The van der Waals surface area contributed by atoms with E-state index in [4.69, 9.17) is 21.1 Å². The summed E-state index contributed by atoms with van der Waals surface area (Å²) in [6.07, 6.45) is 4.60.